The molecule has 2 aromatic rings. The van der Waals surface area contributed by atoms with Crippen LogP contribution in [-0.2, 0) is 11.3 Å². The van der Waals surface area contributed by atoms with Gasteiger partial charge >= 0.3 is 0 Å². The number of anilines is 2. The van der Waals surface area contributed by atoms with Crippen LogP contribution in [0.5, 0.6) is 0 Å². The van der Waals surface area contributed by atoms with E-state index in [1.165, 1.54) is 11.1 Å². The molecule has 0 atom stereocenters. The van der Waals surface area contributed by atoms with E-state index < -0.39 is 0 Å². The molecular formula is C18H23N3O. The average Bonchev–Trinajstić information content (AvgIpc) is 2.47. The highest BCUT2D eigenvalue weighted by Crippen LogP contribution is 2.12. The molecule has 0 aliphatic rings. The first-order chi connectivity index (χ1) is 10.5. The van der Waals surface area contributed by atoms with Crippen molar-refractivity contribution in [3.63, 3.8) is 0 Å². The van der Waals surface area contributed by atoms with Crippen LogP contribution in [0.25, 0.3) is 0 Å². The Hall–Kier alpha value is -2.36. The second kappa shape index (κ2) is 7.59. The lowest BCUT2D eigenvalue weighted by atomic mass is 10.1. The predicted molar refractivity (Wildman–Crippen MR) is 90.8 cm³/mol. The molecular weight excluding hydrogens is 274 g/mol. The summed E-state index contributed by atoms with van der Waals surface area (Å²) >= 11 is 0. The van der Waals surface area contributed by atoms with Crippen LogP contribution in [0, 0.1) is 12.8 Å². The fourth-order valence-electron chi connectivity index (χ4n) is 2.05. The summed E-state index contributed by atoms with van der Waals surface area (Å²) in [5.74, 6) is 1.17. The Morgan fingerprint density at radius 3 is 2.45 bits per heavy atom. The van der Waals surface area contributed by atoms with Crippen molar-refractivity contribution < 1.29 is 4.79 Å². The van der Waals surface area contributed by atoms with E-state index in [-0.39, 0.29) is 5.91 Å². The Morgan fingerprint density at radius 1 is 1.14 bits per heavy atom. The maximum absolute atomic E-state index is 11.7. The summed E-state index contributed by atoms with van der Waals surface area (Å²) in [5.41, 5.74) is 3.19. The zero-order valence-corrected chi connectivity index (χ0v) is 13.4. The van der Waals surface area contributed by atoms with E-state index in [1.807, 2.05) is 26.0 Å². The summed E-state index contributed by atoms with van der Waals surface area (Å²) in [7, 11) is 0. The number of pyridine rings is 1. The molecule has 0 aliphatic carbocycles. The monoisotopic (exact) mass is 297 g/mol. The van der Waals surface area contributed by atoms with Crippen molar-refractivity contribution >= 4 is 17.4 Å². The van der Waals surface area contributed by atoms with Gasteiger partial charge in [0.25, 0.3) is 0 Å². The maximum Gasteiger partial charge on any atom is 0.224 e. The van der Waals surface area contributed by atoms with Crippen LogP contribution < -0.4 is 10.6 Å². The fourth-order valence-corrected chi connectivity index (χ4v) is 2.05. The van der Waals surface area contributed by atoms with Crippen molar-refractivity contribution in [2.45, 2.75) is 33.7 Å². The van der Waals surface area contributed by atoms with Crippen molar-refractivity contribution in [3.05, 3.63) is 53.7 Å². The Morgan fingerprint density at radius 2 is 1.86 bits per heavy atom. The fraction of sp³-hybridized carbons (Fsp3) is 0.333. The molecule has 0 aliphatic heterocycles. The van der Waals surface area contributed by atoms with Gasteiger partial charge < -0.3 is 10.6 Å². The lowest BCUT2D eigenvalue weighted by molar-refractivity contribution is -0.116. The van der Waals surface area contributed by atoms with Crippen molar-refractivity contribution in [2.24, 2.45) is 5.92 Å². The molecule has 0 saturated heterocycles. The molecule has 0 spiro atoms. The Bertz CT molecular complexity index is 603. The predicted octanol–water partition coefficient (Wildman–Crippen LogP) is 3.99. The first kappa shape index (κ1) is 16.0. The molecule has 1 amide bonds. The molecule has 1 aromatic heterocycles. The highest BCUT2D eigenvalue weighted by molar-refractivity contribution is 5.90. The standard InChI is InChI=1S/C18H23N3O/c1-13(2)10-18(22)21-16-8-9-17(20-12-16)19-11-15-6-4-14(3)5-7-15/h4-9,12-13H,10-11H2,1-3H3,(H,19,20)(H,21,22). The van der Waals surface area contributed by atoms with Crippen molar-refractivity contribution in [2.75, 3.05) is 10.6 Å². The van der Waals surface area contributed by atoms with Gasteiger partial charge in [-0.15, -0.1) is 0 Å². The van der Waals surface area contributed by atoms with Crippen LogP contribution in [0.2, 0.25) is 0 Å². The number of amides is 1. The molecule has 4 heteroatoms. The third-order valence-corrected chi connectivity index (χ3v) is 3.24. The third-order valence-electron chi connectivity index (χ3n) is 3.24. The number of benzene rings is 1. The summed E-state index contributed by atoms with van der Waals surface area (Å²) in [4.78, 5) is 16.0. The lowest BCUT2D eigenvalue weighted by Crippen LogP contribution is -2.14. The van der Waals surface area contributed by atoms with Gasteiger partial charge in [-0.3, -0.25) is 4.79 Å². The van der Waals surface area contributed by atoms with Gasteiger partial charge in [-0.25, -0.2) is 4.98 Å². The van der Waals surface area contributed by atoms with Gasteiger partial charge in [0.15, 0.2) is 0 Å². The van der Waals surface area contributed by atoms with Gasteiger partial charge in [-0.1, -0.05) is 43.7 Å². The van der Waals surface area contributed by atoms with E-state index in [4.69, 9.17) is 0 Å². The third kappa shape index (κ3) is 5.20. The van der Waals surface area contributed by atoms with Crippen LogP contribution in [0.3, 0.4) is 0 Å². The quantitative estimate of drug-likeness (QED) is 0.847. The largest absolute Gasteiger partial charge is 0.366 e. The van der Waals surface area contributed by atoms with Crippen LogP contribution >= 0.6 is 0 Å². The molecule has 0 bridgehead atoms. The Labute approximate surface area is 132 Å². The van der Waals surface area contributed by atoms with Crippen molar-refractivity contribution in [3.8, 4) is 0 Å². The number of carbonyl (C=O) groups excluding carboxylic acids is 1. The van der Waals surface area contributed by atoms with E-state index in [2.05, 4.69) is 46.8 Å². The number of hydrogen-bond donors (Lipinski definition) is 2. The van der Waals surface area contributed by atoms with E-state index >= 15 is 0 Å². The number of nitrogens with zero attached hydrogens (tertiary/aromatic N) is 1. The minimum atomic E-state index is 0.0252. The minimum Gasteiger partial charge on any atom is -0.366 e. The van der Waals surface area contributed by atoms with Crippen LogP contribution in [0.15, 0.2) is 42.6 Å². The molecule has 0 fully saturated rings. The second-order valence-electron chi connectivity index (χ2n) is 5.92. The molecule has 0 radical (unpaired) electrons. The topological polar surface area (TPSA) is 54.0 Å². The zero-order chi connectivity index (χ0) is 15.9. The van der Waals surface area contributed by atoms with E-state index in [9.17, 15) is 4.79 Å². The number of hydrogen-bond acceptors (Lipinski definition) is 3. The van der Waals surface area contributed by atoms with Gasteiger partial charge in [0.05, 0.1) is 11.9 Å². The number of carbonyl (C=O) groups is 1. The molecule has 22 heavy (non-hydrogen) atoms. The molecule has 1 aromatic carbocycles. The molecule has 2 N–H and O–H groups in total. The molecule has 2 rings (SSSR count). The average molecular weight is 297 g/mol. The molecule has 0 saturated carbocycles. The summed E-state index contributed by atoms with van der Waals surface area (Å²) in [6.45, 7) is 6.85. The van der Waals surface area contributed by atoms with E-state index in [1.54, 1.807) is 6.20 Å². The minimum absolute atomic E-state index is 0.0252. The van der Waals surface area contributed by atoms with Crippen molar-refractivity contribution in [1.82, 2.24) is 4.98 Å². The molecule has 4 nitrogen and oxygen atoms in total. The van der Waals surface area contributed by atoms with Crippen LogP contribution in [0.4, 0.5) is 11.5 Å². The highest BCUT2D eigenvalue weighted by Gasteiger charge is 2.05. The summed E-state index contributed by atoms with van der Waals surface area (Å²) in [5, 5.41) is 6.12. The van der Waals surface area contributed by atoms with Gasteiger partial charge in [0.2, 0.25) is 5.91 Å². The number of nitrogens with one attached hydrogen (secondary N) is 2. The molecule has 1 heterocycles. The summed E-state index contributed by atoms with van der Waals surface area (Å²) in [6, 6.07) is 12.1. The van der Waals surface area contributed by atoms with Crippen LogP contribution in [0.1, 0.15) is 31.4 Å². The summed E-state index contributed by atoms with van der Waals surface area (Å²) in [6.07, 6.45) is 2.20. The Balaban J connectivity index is 1.86. The molecule has 0 unspecified atom stereocenters. The second-order valence-corrected chi connectivity index (χ2v) is 5.92. The normalized spacial score (nSPS) is 10.5. The first-order valence-corrected chi connectivity index (χ1v) is 7.58. The number of aromatic nitrogens is 1. The number of rotatable bonds is 6. The SMILES string of the molecule is Cc1ccc(CNc2ccc(NC(=O)CC(C)C)cn2)cc1. The number of aryl methyl sites for hydroxylation is 1. The van der Waals surface area contributed by atoms with Crippen molar-refractivity contribution in [1.29, 1.82) is 0 Å². The van der Waals surface area contributed by atoms with Gasteiger partial charge in [-0.2, -0.15) is 0 Å². The molecule has 116 valence electrons. The van der Waals surface area contributed by atoms with Gasteiger partial charge in [-0.05, 0) is 30.5 Å². The Kier molecular flexibility index (Phi) is 5.53. The van der Waals surface area contributed by atoms with E-state index in [0.717, 1.165) is 18.1 Å². The van der Waals surface area contributed by atoms with Gasteiger partial charge in [0, 0.05) is 13.0 Å². The highest BCUT2D eigenvalue weighted by atomic mass is 16.1. The first-order valence-electron chi connectivity index (χ1n) is 7.58. The zero-order valence-electron chi connectivity index (χ0n) is 13.4. The summed E-state index contributed by atoms with van der Waals surface area (Å²) < 4.78 is 0. The van der Waals surface area contributed by atoms with E-state index in [0.29, 0.717) is 12.3 Å². The van der Waals surface area contributed by atoms with Gasteiger partial charge in [0.1, 0.15) is 5.82 Å². The smallest absolute Gasteiger partial charge is 0.224 e. The van der Waals surface area contributed by atoms with Crippen LogP contribution in [-0.4, -0.2) is 10.9 Å². The maximum atomic E-state index is 11.7. The lowest BCUT2D eigenvalue weighted by Gasteiger charge is -2.09.